The topological polar surface area (TPSA) is 116 Å². The fourth-order valence-corrected chi connectivity index (χ4v) is 0.867. The van der Waals surface area contributed by atoms with Gasteiger partial charge in [-0.05, 0) is 6.07 Å². The van der Waals surface area contributed by atoms with E-state index >= 15 is 0 Å². The number of aliphatic hydroxyl groups excluding tert-OH is 2. The Morgan fingerprint density at radius 2 is 2.14 bits per heavy atom. The van der Waals surface area contributed by atoms with E-state index in [0.717, 1.165) is 0 Å². The molecule has 0 spiro atoms. The molecule has 0 saturated carbocycles. The molecule has 0 bridgehead atoms. The van der Waals surface area contributed by atoms with Gasteiger partial charge in [0, 0.05) is 6.20 Å². The molecule has 1 rings (SSSR count). The quantitative estimate of drug-likeness (QED) is 0.290. The van der Waals surface area contributed by atoms with Crippen LogP contribution in [-0.2, 0) is 0 Å². The van der Waals surface area contributed by atoms with Gasteiger partial charge in [0.05, 0.1) is 19.3 Å². The summed E-state index contributed by atoms with van der Waals surface area (Å²) in [6.07, 6.45) is 1.51. The fourth-order valence-electron chi connectivity index (χ4n) is 0.867. The van der Waals surface area contributed by atoms with Crippen molar-refractivity contribution in [2.24, 2.45) is 5.84 Å². The van der Waals surface area contributed by atoms with Gasteiger partial charge in [0.2, 0.25) is 5.95 Å². The van der Waals surface area contributed by atoms with E-state index in [9.17, 15) is 0 Å². The summed E-state index contributed by atoms with van der Waals surface area (Å²) in [4.78, 5) is 7.75. The number of rotatable bonds is 5. The highest BCUT2D eigenvalue weighted by molar-refractivity contribution is 5.39. The Morgan fingerprint density at radius 3 is 2.71 bits per heavy atom. The summed E-state index contributed by atoms with van der Waals surface area (Å²) in [5, 5.41) is 20.4. The highest BCUT2D eigenvalue weighted by Gasteiger charge is 2.06. The first-order valence-electron chi connectivity index (χ1n) is 4.08. The Kier molecular flexibility index (Phi) is 4.05. The second-order valence-corrected chi connectivity index (χ2v) is 2.62. The minimum absolute atomic E-state index is 0.175. The molecule has 0 saturated heterocycles. The fraction of sp³-hybridized carbons (Fsp3) is 0.429. The zero-order valence-corrected chi connectivity index (χ0v) is 7.51. The molecule has 7 heteroatoms. The zero-order chi connectivity index (χ0) is 10.4. The number of hydrogen-bond donors (Lipinski definition) is 5. The molecule has 6 N–H and O–H groups in total. The molecule has 0 aliphatic rings. The summed E-state index contributed by atoms with van der Waals surface area (Å²) in [7, 11) is 0. The largest absolute Gasteiger partial charge is 0.394 e. The minimum Gasteiger partial charge on any atom is -0.394 e. The highest BCUT2D eigenvalue weighted by atomic mass is 16.3. The molecular formula is C7H13N5O2. The van der Waals surface area contributed by atoms with Crippen LogP contribution in [0, 0.1) is 0 Å². The number of anilines is 2. The van der Waals surface area contributed by atoms with Crippen molar-refractivity contribution in [1.82, 2.24) is 9.97 Å². The molecule has 1 aromatic rings. The molecule has 1 heterocycles. The summed E-state index contributed by atoms with van der Waals surface area (Å²) in [6, 6.07) is 1.18. The molecule has 78 valence electrons. The maximum absolute atomic E-state index is 8.81. The predicted octanol–water partition coefficient (Wildman–Crippen LogP) is -1.47. The Bertz CT molecular complexity index is 279. The standard InChI is InChI=1S/C7H13N5O2/c8-12-7-9-2-1-6(11-7)10-5(3-13)4-14/h1-2,5,13-14H,3-4,8H2,(H2,9,10,11,12). The monoisotopic (exact) mass is 199 g/mol. The van der Waals surface area contributed by atoms with E-state index in [2.05, 4.69) is 20.7 Å². The lowest BCUT2D eigenvalue weighted by molar-refractivity contribution is 0.203. The van der Waals surface area contributed by atoms with E-state index in [1.807, 2.05) is 0 Å². The molecule has 0 fully saturated rings. The summed E-state index contributed by atoms with van der Waals surface area (Å²) in [5.41, 5.74) is 2.29. The zero-order valence-electron chi connectivity index (χ0n) is 7.51. The van der Waals surface area contributed by atoms with Gasteiger partial charge in [0.25, 0.3) is 0 Å². The molecule has 7 nitrogen and oxygen atoms in total. The van der Waals surface area contributed by atoms with E-state index in [-0.39, 0.29) is 19.2 Å². The number of nitrogen functional groups attached to an aromatic ring is 1. The van der Waals surface area contributed by atoms with Crippen LogP contribution in [0.5, 0.6) is 0 Å². The van der Waals surface area contributed by atoms with Crippen molar-refractivity contribution >= 4 is 11.8 Å². The number of hydrogen-bond acceptors (Lipinski definition) is 7. The summed E-state index contributed by atoms with van der Waals surface area (Å²) < 4.78 is 0. The van der Waals surface area contributed by atoms with Crippen LogP contribution in [0.1, 0.15) is 0 Å². The van der Waals surface area contributed by atoms with Gasteiger partial charge in [0.1, 0.15) is 5.82 Å². The van der Waals surface area contributed by atoms with Crippen molar-refractivity contribution in [2.75, 3.05) is 24.0 Å². The third-order valence-corrected chi connectivity index (χ3v) is 1.58. The van der Waals surface area contributed by atoms with Gasteiger partial charge in [-0.3, -0.25) is 5.43 Å². The molecule has 1 aromatic heterocycles. The molecule has 0 amide bonds. The van der Waals surface area contributed by atoms with Crippen molar-refractivity contribution in [3.8, 4) is 0 Å². The molecule has 0 unspecified atom stereocenters. The number of aromatic nitrogens is 2. The molecule has 0 aromatic carbocycles. The highest BCUT2D eigenvalue weighted by Crippen LogP contribution is 2.05. The van der Waals surface area contributed by atoms with Crippen molar-refractivity contribution < 1.29 is 10.2 Å². The first kappa shape index (κ1) is 10.6. The van der Waals surface area contributed by atoms with Crippen LogP contribution < -0.4 is 16.6 Å². The summed E-state index contributed by atoms with van der Waals surface area (Å²) in [5.74, 6) is 5.87. The van der Waals surface area contributed by atoms with Crippen molar-refractivity contribution in [3.05, 3.63) is 12.3 Å². The van der Waals surface area contributed by atoms with Gasteiger partial charge in [-0.2, -0.15) is 4.98 Å². The van der Waals surface area contributed by atoms with Crippen LogP contribution in [-0.4, -0.2) is 39.4 Å². The molecule has 0 atom stereocenters. The van der Waals surface area contributed by atoms with Gasteiger partial charge in [-0.15, -0.1) is 0 Å². The van der Waals surface area contributed by atoms with Crippen molar-refractivity contribution in [3.63, 3.8) is 0 Å². The minimum atomic E-state index is -0.435. The second-order valence-electron chi connectivity index (χ2n) is 2.62. The summed E-state index contributed by atoms with van der Waals surface area (Å²) >= 11 is 0. The lowest BCUT2D eigenvalue weighted by atomic mass is 10.3. The van der Waals surface area contributed by atoms with E-state index in [1.54, 1.807) is 6.07 Å². The third kappa shape index (κ3) is 2.80. The molecule has 0 aliphatic heterocycles. The Hall–Kier alpha value is -1.44. The van der Waals surface area contributed by atoms with Gasteiger partial charge < -0.3 is 15.5 Å². The number of nitrogens with two attached hydrogens (primary N) is 1. The smallest absolute Gasteiger partial charge is 0.239 e. The first-order valence-corrected chi connectivity index (χ1v) is 4.08. The second kappa shape index (κ2) is 5.32. The van der Waals surface area contributed by atoms with Crippen LogP contribution in [0.2, 0.25) is 0 Å². The maximum Gasteiger partial charge on any atom is 0.239 e. The van der Waals surface area contributed by atoms with Crippen LogP contribution in [0.4, 0.5) is 11.8 Å². The van der Waals surface area contributed by atoms with E-state index < -0.39 is 6.04 Å². The SMILES string of the molecule is NNc1nccc(NC(CO)CO)n1. The number of nitrogens with one attached hydrogen (secondary N) is 2. The predicted molar refractivity (Wildman–Crippen MR) is 51.4 cm³/mol. The molecule has 14 heavy (non-hydrogen) atoms. The maximum atomic E-state index is 8.81. The van der Waals surface area contributed by atoms with Crippen molar-refractivity contribution in [2.45, 2.75) is 6.04 Å². The van der Waals surface area contributed by atoms with Crippen LogP contribution >= 0.6 is 0 Å². The van der Waals surface area contributed by atoms with Gasteiger partial charge in [0.15, 0.2) is 0 Å². The van der Waals surface area contributed by atoms with Gasteiger partial charge >= 0.3 is 0 Å². The molecular weight excluding hydrogens is 186 g/mol. The lowest BCUT2D eigenvalue weighted by Gasteiger charge is -2.13. The Balaban J connectivity index is 2.65. The normalized spacial score (nSPS) is 10.3. The van der Waals surface area contributed by atoms with Crippen LogP contribution in [0.15, 0.2) is 12.3 Å². The lowest BCUT2D eigenvalue weighted by Crippen LogP contribution is -2.28. The first-order chi connectivity index (χ1) is 6.80. The molecule has 0 radical (unpaired) electrons. The van der Waals surface area contributed by atoms with E-state index in [0.29, 0.717) is 5.82 Å². The van der Waals surface area contributed by atoms with Crippen LogP contribution in [0.25, 0.3) is 0 Å². The van der Waals surface area contributed by atoms with Crippen molar-refractivity contribution in [1.29, 1.82) is 0 Å². The third-order valence-electron chi connectivity index (χ3n) is 1.58. The van der Waals surface area contributed by atoms with Gasteiger partial charge in [-0.1, -0.05) is 0 Å². The van der Waals surface area contributed by atoms with Gasteiger partial charge in [-0.25, -0.2) is 10.8 Å². The summed E-state index contributed by atoms with van der Waals surface area (Å²) in [6.45, 7) is -0.349. The average molecular weight is 199 g/mol. The van der Waals surface area contributed by atoms with E-state index in [4.69, 9.17) is 16.1 Å². The Morgan fingerprint density at radius 1 is 1.43 bits per heavy atom. The number of nitrogens with zero attached hydrogens (tertiary/aromatic N) is 2. The van der Waals surface area contributed by atoms with E-state index in [1.165, 1.54) is 6.20 Å². The molecule has 0 aliphatic carbocycles. The Labute approximate surface area is 81.0 Å². The average Bonchev–Trinajstić information content (AvgIpc) is 2.26. The van der Waals surface area contributed by atoms with Crippen LogP contribution in [0.3, 0.4) is 0 Å². The number of aliphatic hydroxyl groups is 2. The number of hydrazine groups is 1.